The first-order valence-corrected chi connectivity index (χ1v) is 4.88. The van der Waals surface area contributed by atoms with Crippen molar-refractivity contribution in [2.75, 3.05) is 26.3 Å². The van der Waals surface area contributed by atoms with Crippen LogP contribution in [-0.2, 0) is 9.53 Å². The zero-order chi connectivity index (χ0) is 10.4. The number of rotatable bonds is 5. The molecule has 0 aromatic rings. The molecule has 0 aromatic heterocycles. The molecule has 1 unspecified atom stereocenters. The number of hydrogen-bond acceptors (Lipinski definition) is 3. The Bertz CT molecular complexity index is 206. The molecule has 0 bridgehead atoms. The maximum atomic E-state index is 10.6. The first kappa shape index (κ1) is 11.2. The van der Waals surface area contributed by atoms with Crippen LogP contribution in [0.25, 0.3) is 0 Å². The summed E-state index contributed by atoms with van der Waals surface area (Å²) in [6, 6.07) is 0.0289. The molecule has 80 valence electrons. The number of aliphatic carboxylic acids is 1. The van der Waals surface area contributed by atoms with E-state index in [9.17, 15) is 4.79 Å². The Hall–Kier alpha value is -0.870. The van der Waals surface area contributed by atoms with E-state index in [4.69, 9.17) is 9.84 Å². The lowest BCUT2D eigenvalue weighted by Gasteiger charge is -2.34. The number of morpholine rings is 1. The number of nitrogens with zero attached hydrogens (tertiary/aromatic N) is 1. The summed E-state index contributed by atoms with van der Waals surface area (Å²) in [6.07, 6.45) is 2.92. The van der Waals surface area contributed by atoms with E-state index in [0.29, 0.717) is 13.2 Å². The van der Waals surface area contributed by atoms with Gasteiger partial charge in [-0.1, -0.05) is 6.08 Å². The fourth-order valence-electron chi connectivity index (χ4n) is 1.63. The predicted molar refractivity (Wildman–Crippen MR) is 53.2 cm³/mol. The second-order valence-corrected chi connectivity index (χ2v) is 3.44. The minimum absolute atomic E-state index is 0.0289. The minimum Gasteiger partial charge on any atom is -0.481 e. The molecule has 1 rings (SSSR count). The van der Waals surface area contributed by atoms with Gasteiger partial charge in [-0.25, -0.2) is 0 Å². The van der Waals surface area contributed by atoms with Crippen molar-refractivity contribution >= 4 is 5.97 Å². The van der Waals surface area contributed by atoms with Crippen molar-refractivity contribution in [1.29, 1.82) is 0 Å². The highest BCUT2D eigenvalue weighted by Gasteiger charge is 2.24. The molecule has 1 aliphatic heterocycles. The zero-order valence-corrected chi connectivity index (χ0v) is 8.32. The van der Waals surface area contributed by atoms with Gasteiger partial charge in [-0.3, -0.25) is 9.69 Å². The third-order valence-electron chi connectivity index (χ3n) is 2.38. The molecule has 14 heavy (non-hydrogen) atoms. The molecule has 4 heteroatoms. The first-order chi connectivity index (χ1) is 6.74. The van der Waals surface area contributed by atoms with E-state index in [0.717, 1.165) is 19.5 Å². The Morgan fingerprint density at radius 2 is 2.50 bits per heavy atom. The van der Waals surface area contributed by atoms with Crippen LogP contribution < -0.4 is 0 Å². The van der Waals surface area contributed by atoms with Gasteiger partial charge in [0.25, 0.3) is 0 Å². The smallest absolute Gasteiger partial charge is 0.305 e. The lowest BCUT2D eigenvalue weighted by Crippen LogP contribution is -2.46. The van der Waals surface area contributed by atoms with Gasteiger partial charge in [-0.15, -0.1) is 6.58 Å². The third kappa shape index (κ3) is 3.47. The molecule has 1 saturated heterocycles. The molecule has 0 aliphatic carbocycles. The molecule has 4 nitrogen and oxygen atoms in total. The van der Waals surface area contributed by atoms with Crippen LogP contribution in [0, 0.1) is 0 Å². The van der Waals surface area contributed by atoms with Crippen LogP contribution in [0.2, 0.25) is 0 Å². The molecular weight excluding hydrogens is 182 g/mol. The van der Waals surface area contributed by atoms with Crippen LogP contribution in [0.5, 0.6) is 0 Å². The highest BCUT2D eigenvalue weighted by molar-refractivity contribution is 5.67. The average Bonchev–Trinajstić information content (AvgIpc) is 2.16. The van der Waals surface area contributed by atoms with E-state index < -0.39 is 5.97 Å². The van der Waals surface area contributed by atoms with Crippen molar-refractivity contribution in [1.82, 2.24) is 4.90 Å². The van der Waals surface area contributed by atoms with Crippen molar-refractivity contribution in [3.63, 3.8) is 0 Å². The molecule has 0 radical (unpaired) electrons. The summed E-state index contributed by atoms with van der Waals surface area (Å²) in [4.78, 5) is 12.8. The molecule has 0 aromatic carbocycles. The van der Waals surface area contributed by atoms with E-state index in [-0.39, 0.29) is 12.5 Å². The Morgan fingerprint density at radius 1 is 1.71 bits per heavy atom. The van der Waals surface area contributed by atoms with Crippen molar-refractivity contribution in [2.45, 2.75) is 18.9 Å². The number of carboxylic acids is 1. The van der Waals surface area contributed by atoms with E-state index in [1.54, 1.807) is 0 Å². The lowest BCUT2D eigenvalue weighted by molar-refractivity contribution is -0.140. The fourth-order valence-corrected chi connectivity index (χ4v) is 1.63. The fraction of sp³-hybridized carbons (Fsp3) is 0.700. The Morgan fingerprint density at radius 3 is 3.14 bits per heavy atom. The summed E-state index contributed by atoms with van der Waals surface area (Å²) in [5.74, 6) is -0.760. The van der Waals surface area contributed by atoms with E-state index in [1.807, 2.05) is 6.08 Å². The zero-order valence-electron chi connectivity index (χ0n) is 8.32. The number of hydrogen-bond donors (Lipinski definition) is 1. The van der Waals surface area contributed by atoms with Crippen LogP contribution in [0.1, 0.15) is 12.8 Å². The van der Waals surface area contributed by atoms with Gasteiger partial charge in [0, 0.05) is 19.1 Å². The van der Waals surface area contributed by atoms with E-state index in [2.05, 4.69) is 11.5 Å². The normalized spacial score (nSPS) is 23.3. The topological polar surface area (TPSA) is 49.8 Å². The SMILES string of the molecule is C=CCCN1CCOCC1CC(=O)O. The van der Waals surface area contributed by atoms with Crippen LogP contribution in [0.4, 0.5) is 0 Å². The molecule has 0 saturated carbocycles. The number of carbonyl (C=O) groups is 1. The quantitative estimate of drug-likeness (QED) is 0.663. The Kier molecular flexibility index (Phi) is 4.62. The predicted octanol–water partition coefficient (Wildman–Crippen LogP) is 0.738. The van der Waals surface area contributed by atoms with Crippen LogP contribution >= 0.6 is 0 Å². The molecule has 0 amide bonds. The summed E-state index contributed by atoms with van der Waals surface area (Å²) < 4.78 is 5.26. The minimum atomic E-state index is -0.760. The summed E-state index contributed by atoms with van der Waals surface area (Å²) in [6.45, 7) is 6.59. The molecule has 1 aliphatic rings. The summed E-state index contributed by atoms with van der Waals surface area (Å²) >= 11 is 0. The molecular formula is C10H17NO3. The molecule has 0 spiro atoms. The summed E-state index contributed by atoms with van der Waals surface area (Å²) in [5.41, 5.74) is 0. The first-order valence-electron chi connectivity index (χ1n) is 4.88. The van der Waals surface area contributed by atoms with Gasteiger partial charge in [0.05, 0.1) is 19.6 Å². The van der Waals surface area contributed by atoms with E-state index in [1.165, 1.54) is 0 Å². The highest BCUT2D eigenvalue weighted by atomic mass is 16.5. The van der Waals surface area contributed by atoms with Crippen molar-refractivity contribution in [3.05, 3.63) is 12.7 Å². The van der Waals surface area contributed by atoms with Gasteiger partial charge in [-0.05, 0) is 6.42 Å². The Balaban J connectivity index is 2.41. The van der Waals surface area contributed by atoms with E-state index >= 15 is 0 Å². The number of carboxylic acid groups (broad SMARTS) is 1. The second kappa shape index (κ2) is 5.78. The van der Waals surface area contributed by atoms with Crippen LogP contribution in [0.15, 0.2) is 12.7 Å². The molecule has 1 fully saturated rings. The van der Waals surface area contributed by atoms with Gasteiger partial charge in [0.2, 0.25) is 0 Å². The largest absolute Gasteiger partial charge is 0.481 e. The lowest BCUT2D eigenvalue weighted by atomic mass is 10.1. The van der Waals surface area contributed by atoms with Gasteiger partial charge in [0.15, 0.2) is 0 Å². The van der Waals surface area contributed by atoms with Crippen LogP contribution in [-0.4, -0.2) is 48.3 Å². The maximum absolute atomic E-state index is 10.6. The van der Waals surface area contributed by atoms with Gasteiger partial charge in [-0.2, -0.15) is 0 Å². The average molecular weight is 199 g/mol. The molecule has 1 atom stereocenters. The summed E-state index contributed by atoms with van der Waals surface area (Å²) in [7, 11) is 0. The van der Waals surface area contributed by atoms with Gasteiger partial charge in [0.1, 0.15) is 0 Å². The van der Waals surface area contributed by atoms with Crippen molar-refractivity contribution in [3.8, 4) is 0 Å². The standard InChI is InChI=1S/C10H17NO3/c1-2-3-4-11-5-6-14-8-9(11)7-10(12)13/h2,9H,1,3-8H2,(H,12,13). The van der Waals surface area contributed by atoms with Crippen molar-refractivity contribution in [2.24, 2.45) is 0 Å². The molecule has 1 heterocycles. The van der Waals surface area contributed by atoms with Crippen molar-refractivity contribution < 1.29 is 14.6 Å². The molecule has 1 N–H and O–H groups in total. The third-order valence-corrected chi connectivity index (χ3v) is 2.38. The Labute approximate surface area is 84.2 Å². The summed E-state index contributed by atoms with van der Waals surface area (Å²) in [5, 5.41) is 8.71. The maximum Gasteiger partial charge on any atom is 0.305 e. The number of ether oxygens (including phenoxy) is 1. The van der Waals surface area contributed by atoms with Crippen LogP contribution in [0.3, 0.4) is 0 Å². The monoisotopic (exact) mass is 199 g/mol. The highest BCUT2D eigenvalue weighted by Crippen LogP contribution is 2.11. The van der Waals surface area contributed by atoms with Gasteiger partial charge < -0.3 is 9.84 Å². The van der Waals surface area contributed by atoms with Gasteiger partial charge >= 0.3 is 5.97 Å². The second-order valence-electron chi connectivity index (χ2n) is 3.44.